The van der Waals surface area contributed by atoms with E-state index in [-0.39, 0.29) is 12.5 Å². The molecule has 2 aliphatic heterocycles. The van der Waals surface area contributed by atoms with Crippen molar-refractivity contribution < 1.29 is 9.53 Å². The summed E-state index contributed by atoms with van der Waals surface area (Å²) in [6, 6.07) is 1.03. The van der Waals surface area contributed by atoms with Gasteiger partial charge in [-0.05, 0) is 19.8 Å². The van der Waals surface area contributed by atoms with E-state index in [1.807, 2.05) is 11.8 Å². The third-order valence-corrected chi connectivity index (χ3v) is 3.24. The predicted octanol–water partition coefficient (Wildman–Crippen LogP) is 0.376. The van der Waals surface area contributed by atoms with Gasteiger partial charge in [-0.2, -0.15) is 0 Å². The second kappa shape index (κ2) is 4.94. The molecule has 0 aliphatic carbocycles. The molecule has 2 aliphatic rings. The van der Waals surface area contributed by atoms with Crippen molar-refractivity contribution in [3.63, 3.8) is 0 Å². The maximum absolute atomic E-state index is 11.8. The van der Waals surface area contributed by atoms with Gasteiger partial charge in [-0.15, -0.1) is 0 Å². The number of hydrogen-bond donors (Lipinski definition) is 1. The van der Waals surface area contributed by atoms with Gasteiger partial charge in [0.25, 0.3) is 0 Å². The lowest BCUT2D eigenvalue weighted by atomic mass is 9.94. The van der Waals surface area contributed by atoms with E-state index in [1.165, 1.54) is 19.3 Å². The monoisotopic (exact) mass is 212 g/mol. The standard InChI is InChI=1S/C11H20N2O2/c1-2-15-8-11(14)13-6-9-4-3-5-10(7-13)12-9/h9-10,12H,2-8H2,1H3. The fourth-order valence-corrected chi connectivity index (χ4v) is 2.49. The van der Waals surface area contributed by atoms with Gasteiger partial charge in [0.15, 0.2) is 0 Å². The van der Waals surface area contributed by atoms with Gasteiger partial charge < -0.3 is 15.0 Å². The van der Waals surface area contributed by atoms with Crippen LogP contribution < -0.4 is 5.32 Å². The van der Waals surface area contributed by atoms with Crippen LogP contribution >= 0.6 is 0 Å². The molecular weight excluding hydrogens is 192 g/mol. The van der Waals surface area contributed by atoms with Crippen molar-refractivity contribution in [1.29, 1.82) is 0 Å². The Balaban J connectivity index is 1.85. The Labute approximate surface area is 91.0 Å². The first kappa shape index (κ1) is 10.9. The van der Waals surface area contributed by atoms with Crippen LogP contribution in [0.15, 0.2) is 0 Å². The lowest BCUT2D eigenvalue weighted by molar-refractivity contribution is -0.138. The maximum atomic E-state index is 11.8. The van der Waals surface area contributed by atoms with Crippen LogP contribution in [0.2, 0.25) is 0 Å². The molecule has 2 bridgehead atoms. The summed E-state index contributed by atoms with van der Waals surface area (Å²) in [5.74, 6) is 0.148. The number of hydrogen-bond acceptors (Lipinski definition) is 3. The van der Waals surface area contributed by atoms with Crippen molar-refractivity contribution >= 4 is 5.91 Å². The molecule has 1 N–H and O–H groups in total. The van der Waals surface area contributed by atoms with Crippen LogP contribution in [0, 0.1) is 0 Å². The third-order valence-electron chi connectivity index (χ3n) is 3.24. The number of rotatable bonds is 3. The van der Waals surface area contributed by atoms with Crippen LogP contribution in [-0.2, 0) is 9.53 Å². The molecule has 1 amide bonds. The molecule has 4 nitrogen and oxygen atoms in total. The molecule has 0 radical (unpaired) electrons. The van der Waals surface area contributed by atoms with Crippen LogP contribution in [0.1, 0.15) is 26.2 Å². The van der Waals surface area contributed by atoms with Gasteiger partial charge in [-0.1, -0.05) is 6.42 Å². The molecule has 4 heteroatoms. The summed E-state index contributed by atoms with van der Waals surface area (Å²) in [5.41, 5.74) is 0. The summed E-state index contributed by atoms with van der Waals surface area (Å²) < 4.78 is 5.16. The molecule has 2 rings (SSSR count). The SMILES string of the molecule is CCOCC(=O)N1CC2CCCC(C1)N2. The number of piperidine rings is 1. The summed E-state index contributed by atoms with van der Waals surface area (Å²) in [6.07, 6.45) is 3.71. The Morgan fingerprint density at radius 3 is 2.67 bits per heavy atom. The zero-order valence-corrected chi connectivity index (χ0v) is 9.37. The summed E-state index contributed by atoms with van der Waals surface area (Å²) in [5, 5.41) is 3.56. The first-order valence-electron chi connectivity index (χ1n) is 5.91. The van der Waals surface area contributed by atoms with Crippen molar-refractivity contribution in [2.24, 2.45) is 0 Å². The van der Waals surface area contributed by atoms with Crippen molar-refractivity contribution in [3.8, 4) is 0 Å². The van der Waals surface area contributed by atoms with Gasteiger partial charge in [-0.25, -0.2) is 0 Å². The number of piperazine rings is 1. The molecular formula is C11H20N2O2. The normalized spacial score (nSPS) is 30.3. The van der Waals surface area contributed by atoms with Crippen LogP contribution in [0.4, 0.5) is 0 Å². The van der Waals surface area contributed by atoms with E-state index in [4.69, 9.17) is 4.74 Å². The van der Waals surface area contributed by atoms with E-state index in [9.17, 15) is 4.79 Å². The van der Waals surface area contributed by atoms with E-state index in [0.29, 0.717) is 18.7 Å². The summed E-state index contributed by atoms with van der Waals surface area (Å²) in [4.78, 5) is 13.7. The van der Waals surface area contributed by atoms with Gasteiger partial charge in [0.05, 0.1) is 0 Å². The Morgan fingerprint density at radius 2 is 2.07 bits per heavy atom. The topological polar surface area (TPSA) is 41.6 Å². The fraction of sp³-hybridized carbons (Fsp3) is 0.909. The van der Waals surface area contributed by atoms with E-state index in [0.717, 1.165) is 13.1 Å². The number of amides is 1. The van der Waals surface area contributed by atoms with E-state index in [1.54, 1.807) is 0 Å². The van der Waals surface area contributed by atoms with Gasteiger partial charge in [-0.3, -0.25) is 4.79 Å². The minimum absolute atomic E-state index is 0.148. The van der Waals surface area contributed by atoms with E-state index < -0.39 is 0 Å². The van der Waals surface area contributed by atoms with Gasteiger partial charge in [0.1, 0.15) is 6.61 Å². The quantitative estimate of drug-likeness (QED) is 0.735. The van der Waals surface area contributed by atoms with E-state index in [2.05, 4.69) is 5.32 Å². The summed E-state index contributed by atoms with van der Waals surface area (Å²) in [7, 11) is 0. The number of fused-ring (bicyclic) bond motifs is 2. The van der Waals surface area contributed by atoms with Gasteiger partial charge >= 0.3 is 0 Å². The molecule has 0 aromatic rings. The number of ether oxygens (including phenoxy) is 1. The summed E-state index contributed by atoms with van der Waals surface area (Å²) >= 11 is 0. The minimum atomic E-state index is 0.148. The lowest BCUT2D eigenvalue weighted by Gasteiger charge is -2.42. The molecule has 0 aromatic heterocycles. The van der Waals surface area contributed by atoms with Gasteiger partial charge in [0, 0.05) is 31.8 Å². The number of nitrogens with one attached hydrogen (secondary N) is 1. The molecule has 0 saturated carbocycles. The Kier molecular flexibility index (Phi) is 3.59. The molecule has 2 unspecified atom stereocenters. The van der Waals surface area contributed by atoms with Gasteiger partial charge in [0.2, 0.25) is 5.91 Å². The van der Waals surface area contributed by atoms with Crippen LogP contribution in [-0.4, -0.2) is 49.2 Å². The average molecular weight is 212 g/mol. The smallest absolute Gasteiger partial charge is 0.248 e. The number of likely N-dealkylation sites (tertiary alicyclic amines) is 1. The summed E-state index contributed by atoms with van der Waals surface area (Å²) in [6.45, 7) is 4.51. The predicted molar refractivity (Wildman–Crippen MR) is 57.6 cm³/mol. The number of carbonyl (C=O) groups excluding carboxylic acids is 1. The minimum Gasteiger partial charge on any atom is -0.372 e. The Bertz CT molecular complexity index is 221. The number of nitrogens with zero attached hydrogens (tertiary/aromatic N) is 1. The fourth-order valence-electron chi connectivity index (χ4n) is 2.49. The number of carbonyl (C=O) groups is 1. The molecule has 0 aromatic carbocycles. The molecule has 2 fully saturated rings. The zero-order chi connectivity index (χ0) is 10.7. The third kappa shape index (κ3) is 2.69. The molecule has 2 saturated heterocycles. The Hall–Kier alpha value is -0.610. The van der Waals surface area contributed by atoms with Crippen molar-refractivity contribution in [1.82, 2.24) is 10.2 Å². The van der Waals surface area contributed by atoms with Crippen LogP contribution in [0.3, 0.4) is 0 Å². The molecule has 15 heavy (non-hydrogen) atoms. The maximum Gasteiger partial charge on any atom is 0.248 e. The molecule has 0 spiro atoms. The largest absolute Gasteiger partial charge is 0.372 e. The first-order chi connectivity index (χ1) is 7.29. The second-order valence-corrected chi connectivity index (χ2v) is 4.43. The molecule has 2 atom stereocenters. The Morgan fingerprint density at radius 1 is 1.40 bits per heavy atom. The lowest BCUT2D eigenvalue weighted by Crippen LogP contribution is -2.60. The van der Waals surface area contributed by atoms with Crippen molar-refractivity contribution in [2.45, 2.75) is 38.3 Å². The highest BCUT2D eigenvalue weighted by Crippen LogP contribution is 2.19. The highest BCUT2D eigenvalue weighted by atomic mass is 16.5. The average Bonchev–Trinajstić information content (AvgIpc) is 2.25. The van der Waals surface area contributed by atoms with Crippen molar-refractivity contribution in [2.75, 3.05) is 26.3 Å². The van der Waals surface area contributed by atoms with Crippen LogP contribution in [0.5, 0.6) is 0 Å². The first-order valence-corrected chi connectivity index (χ1v) is 5.91. The van der Waals surface area contributed by atoms with Crippen LogP contribution in [0.25, 0.3) is 0 Å². The van der Waals surface area contributed by atoms with Crippen molar-refractivity contribution in [3.05, 3.63) is 0 Å². The highest BCUT2D eigenvalue weighted by Gasteiger charge is 2.31. The second-order valence-electron chi connectivity index (χ2n) is 4.43. The van der Waals surface area contributed by atoms with E-state index >= 15 is 0 Å². The zero-order valence-electron chi connectivity index (χ0n) is 9.37. The highest BCUT2D eigenvalue weighted by molar-refractivity contribution is 5.77. The molecule has 86 valence electrons. The molecule has 2 heterocycles.